The van der Waals surface area contributed by atoms with Crippen LogP contribution in [0.3, 0.4) is 0 Å². The molecule has 0 aromatic heterocycles. The molecule has 0 unspecified atom stereocenters. The predicted octanol–water partition coefficient (Wildman–Crippen LogP) is 3.63. The van der Waals surface area contributed by atoms with Crippen LogP contribution in [-0.4, -0.2) is 78.0 Å². The van der Waals surface area contributed by atoms with Crippen LogP contribution in [0.1, 0.15) is 52.4 Å². The zero-order valence-corrected chi connectivity index (χ0v) is 19.9. The van der Waals surface area contributed by atoms with Crippen molar-refractivity contribution in [1.29, 1.82) is 0 Å². The summed E-state index contributed by atoms with van der Waals surface area (Å²) in [6.45, 7) is 8.47. The van der Waals surface area contributed by atoms with Crippen LogP contribution >= 0.6 is 0 Å². The summed E-state index contributed by atoms with van der Waals surface area (Å²) in [5.74, 6) is -0.689. The second kappa shape index (κ2) is 25.5. The van der Waals surface area contributed by atoms with Crippen molar-refractivity contribution in [2.24, 2.45) is 0 Å². The van der Waals surface area contributed by atoms with Crippen molar-refractivity contribution >= 4 is 11.9 Å². The second-order valence-electron chi connectivity index (χ2n) is 6.91. The van der Waals surface area contributed by atoms with E-state index >= 15 is 0 Å². The second-order valence-corrected chi connectivity index (χ2v) is 6.91. The van der Waals surface area contributed by atoms with Crippen molar-refractivity contribution in [2.45, 2.75) is 52.4 Å². The highest BCUT2D eigenvalue weighted by Gasteiger charge is 1.98. The Morgan fingerprint density at radius 3 is 1.16 bits per heavy atom. The van der Waals surface area contributed by atoms with Crippen molar-refractivity contribution < 1.29 is 38.0 Å². The van der Waals surface area contributed by atoms with Crippen molar-refractivity contribution in [2.75, 3.05) is 66.1 Å². The van der Waals surface area contributed by atoms with Crippen molar-refractivity contribution in [3.05, 3.63) is 24.3 Å². The van der Waals surface area contributed by atoms with Gasteiger partial charge in [-0.1, -0.05) is 37.8 Å². The van der Waals surface area contributed by atoms with E-state index in [0.29, 0.717) is 39.6 Å². The summed E-state index contributed by atoms with van der Waals surface area (Å²) in [6, 6.07) is 0. The Hall–Kier alpha value is -1.74. The molecule has 0 spiro atoms. The van der Waals surface area contributed by atoms with E-state index in [0.717, 1.165) is 38.9 Å². The van der Waals surface area contributed by atoms with Gasteiger partial charge in [0.05, 0.1) is 39.6 Å². The zero-order chi connectivity index (χ0) is 23.5. The first-order chi connectivity index (χ1) is 15.7. The molecule has 0 rings (SSSR count). The summed E-state index contributed by atoms with van der Waals surface area (Å²) < 4.78 is 31.6. The molecule has 32 heavy (non-hydrogen) atoms. The van der Waals surface area contributed by atoms with Gasteiger partial charge in [0.1, 0.15) is 13.2 Å². The van der Waals surface area contributed by atoms with E-state index < -0.39 is 0 Å². The third-order valence-corrected chi connectivity index (χ3v) is 4.12. The minimum atomic E-state index is -0.344. The predicted molar refractivity (Wildman–Crippen MR) is 123 cm³/mol. The van der Waals surface area contributed by atoms with Crippen molar-refractivity contribution in [3.8, 4) is 0 Å². The molecular weight excluding hydrogens is 416 g/mol. The van der Waals surface area contributed by atoms with E-state index in [1.165, 1.54) is 25.0 Å². The maximum absolute atomic E-state index is 11.1. The minimum Gasteiger partial charge on any atom is -0.460 e. The van der Waals surface area contributed by atoms with Gasteiger partial charge in [-0.05, 0) is 26.7 Å². The van der Waals surface area contributed by atoms with Crippen LogP contribution in [0.2, 0.25) is 0 Å². The van der Waals surface area contributed by atoms with Gasteiger partial charge in [-0.15, -0.1) is 0 Å². The van der Waals surface area contributed by atoms with Gasteiger partial charge in [-0.25, -0.2) is 9.59 Å². The molecule has 0 heterocycles. The summed E-state index contributed by atoms with van der Waals surface area (Å²) in [5, 5.41) is 0. The van der Waals surface area contributed by atoms with E-state index in [-0.39, 0.29) is 25.2 Å². The monoisotopic (exact) mass is 458 g/mol. The molecule has 0 aliphatic heterocycles. The number of allylic oxidation sites excluding steroid dienone is 2. The van der Waals surface area contributed by atoms with Gasteiger partial charge in [0, 0.05) is 25.4 Å². The van der Waals surface area contributed by atoms with Crippen LogP contribution in [0.25, 0.3) is 0 Å². The third-order valence-electron chi connectivity index (χ3n) is 4.12. The van der Waals surface area contributed by atoms with E-state index in [1.54, 1.807) is 26.0 Å². The van der Waals surface area contributed by atoms with Crippen LogP contribution in [0, 0.1) is 0 Å². The maximum Gasteiger partial charge on any atom is 0.330 e. The Bertz CT molecular complexity index is 446. The number of hydrogen-bond donors (Lipinski definition) is 0. The molecule has 0 aromatic rings. The first-order valence-electron chi connectivity index (χ1n) is 11.6. The first-order valence-corrected chi connectivity index (χ1v) is 11.6. The number of ether oxygens (including phenoxy) is 6. The number of carbonyl (C=O) groups is 2. The Morgan fingerprint density at radius 2 is 0.781 bits per heavy atom. The van der Waals surface area contributed by atoms with Gasteiger partial charge in [0.2, 0.25) is 0 Å². The molecule has 0 fully saturated rings. The van der Waals surface area contributed by atoms with Gasteiger partial charge in [0.15, 0.2) is 0 Å². The summed E-state index contributed by atoms with van der Waals surface area (Å²) in [6.07, 6.45) is 12.9. The number of esters is 2. The summed E-state index contributed by atoms with van der Waals surface area (Å²) in [7, 11) is 0. The first kappa shape index (κ1) is 30.3. The molecule has 186 valence electrons. The minimum absolute atomic E-state index is 0.262. The summed E-state index contributed by atoms with van der Waals surface area (Å²) in [5.41, 5.74) is 0. The SMILES string of the molecule is CC=CC(=O)OCCOCCOCCCCCCCCOCCOCCOC(=O)C=CC. The van der Waals surface area contributed by atoms with E-state index in [9.17, 15) is 9.59 Å². The molecule has 0 aliphatic carbocycles. The molecule has 0 saturated heterocycles. The van der Waals surface area contributed by atoms with Gasteiger partial charge in [-0.3, -0.25) is 0 Å². The topological polar surface area (TPSA) is 89.5 Å². The maximum atomic E-state index is 11.1. The largest absolute Gasteiger partial charge is 0.460 e. The molecule has 8 nitrogen and oxygen atoms in total. The molecule has 0 aliphatic rings. The lowest BCUT2D eigenvalue weighted by Crippen LogP contribution is -2.12. The molecular formula is C24H42O8. The highest BCUT2D eigenvalue weighted by molar-refractivity contribution is 5.82. The molecule has 0 aromatic carbocycles. The Morgan fingerprint density at radius 1 is 0.469 bits per heavy atom. The van der Waals surface area contributed by atoms with Gasteiger partial charge < -0.3 is 28.4 Å². The quantitative estimate of drug-likeness (QED) is 0.130. The number of hydrogen-bond acceptors (Lipinski definition) is 8. The molecule has 0 radical (unpaired) electrons. The zero-order valence-electron chi connectivity index (χ0n) is 19.9. The van der Waals surface area contributed by atoms with Crippen LogP contribution in [0.15, 0.2) is 24.3 Å². The molecule has 0 N–H and O–H groups in total. The molecule has 0 amide bonds. The fourth-order valence-electron chi connectivity index (χ4n) is 2.53. The molecule has 0 atom stereocenters. The fraction of sp³-hybridized carbons (Fsp3) is 0.750. The number of unbranched alkanes of at least 4 members (excludes halogenated alkanes) is 5. The van der Waals surface area contributed by atoms with Crippen LogP contribution in [0.5, 0.6) is 0 Å². The van der Waals surface area contributed by atoms with Gasteiger partial charge in [0.25, 0.3) is 0 Å². The average molecular weight is 459 g/mol. The Labute approximate surface area is 193 Å². The Kier molecular flexibility index (Phi) is 24.1. The van der Waals surface area contributed by atoms with E-state index in [2.05, 4.69) is 0 Å². The van der Waals surface area contributed by atoms with Crippen LogP contribution in [0.4, 0.5) is 0 Å². The standard InChI is InChI=1S/C24H42O8/c1-3-11-23(25)31-21-19-29-17-15-27-13-9-7-5-6-8-10-14-28-16-18-30-20-22-32-24(26)12-4-2/h3-4,11-12H,5-10,13-22H2,1-2H3. The molecule has 0 saturated carbocycles. The average Bonchev–Trinajstić information content (AvgIpc) is 2.77. The number of carbonyl (C=O) groups excluding carboxylic acids is 2. The Balaban J connectivity index is 3.11. The molecule has 0 bridgehead atoms. The smallest absolute Gasteiger partial charge is 0.330 e. The van der Waals surface area contributed by atoms with Gasteiger partial charge >= 0.3 is 11.9 Å². The fourth-order valence-corrected chi connectivity index (χ4v) is 2.53. The lowest BCUT2D eigenvalue weighted by Gasteiger charge is -2.07. The van der Waals surface area contributed by atoms with Crippen LogP contribution < -0.4 is 0 Å². The van der Waals surface area contributed by atoms with Crippen LogP contribution in [-0.2, 0) is 38.0 Å². The normalized spacial score (nSPS) is 11.4. The highest BCUT2D eigenvalue weighted by Crippen LogP contribution is 2.05. The lowest BCUT2D eigenvalue weighted by atomic mass is 10.1. The van der Waals surface area contributed by atoms with Crippen molar-refractivity contribution in [1.82, 2.24) is 0 Å². The van der Waals surface area contributed by atoms with E-state index in [1.807, 2.05) is 0 Å². The number of rotatable bonds is 23. The summed E-state index contributed by atoms with van der Waals surface area (Å²) >= 11 is 0. The summed E-state index contributed by atoms with van der Waals surface area (Å²) in [4.78, 5) is 22.1. The van der Waals surface area contributed by atoms with E-state index in [4.69, 9.17) is 28.4 Å². The highest BCUT2D eigenvalue weighted by atomic mass is 16.6. The van der Waals surface area contributed by atoms with Crippen molar-refractivity contribution in [3.63, 3.8) is 0 Å². The third kappa shape index (κ3) is 24.5. The van der Waals surface area contributed by atoms with Gasteiger partial charge in [-0.2, -0.15) is 0 Å². The molecule has 8 heteroatoms. The lowest BCUT2D eigenvalue weighted by molar-refractivity contribution is -0.140.